The Balaban J connectivity index is 2.12. The molecule has 1 aromatic carbocycles. The molecule has 23 heavy (non-hydrogen) atoms. The molecule has 1 aromatic heterocycles. The number of carbonyl (C=O) groups is 1. The molecular formula is C16H15Cl2FN2O2. The van der Waals surface area contributed by atoms with E-state index < -0.39 is 29.6 Å². The van der Waals surface area contributed by atoms with Crippen LogP contribution in [0.4, 0.5) is 4.39 Å². The van der Waals surface area contributed by atoms with Crippen LogP contribution in [0.1, 0.15) is 11.7 Å². The van der Waals surface area contributed by atoms with Crippen molar-refractivity contribution in [3.05, 3.63) is 54.4 Å². The van der Waals surface area contributed by atoms with Gasteiger partial charge in [0.2, 0.25) is 0 Å². The van der Waals surface area contributed by atoms with Crippen LogP contribution in [-0.2, 0) is 4.79 Å². The molecule has 0 saturated carbocycles. The largest absolute Gasteiger partial charge is 0.386 e. The van der Waals surface area contributed by atoms with E-state index in [1.807, 2.05) is 12.1 Å². The zero-order chi connectivity index (χ0) is 16.8. The highest BCUT2D eigenvalue weighted by Crippen LogP contribution is 2.23. The zero-order valence-corrected chi connectivity index (χ0v) is 13.5. The van der Waals surface area contributed by atoms with Crippen molar-refractivity contribution in [2.45, 2.75) is 17.0 Å². The van der Waals surface area contributed by atoms with Crippen LogP contribution < -0.4 is 5.32 Å². The second kappa shape index (κ2) is 8.24. The number of alkyl halides is 3. The minimum absolute atomic E-state index is 0.473. The van der Waals surface area contributed by atoms with Crippen molar-refractivity contribution >= 4 is 29.1 Å². The molecule has 1 amide bonds. The van der Waals surface area contributed by atoms with E-state index in [1.165, 1.54) is 0 Å². The Morgan fingerprint density at radius 3 is 2.43 bits per heavy atom. The zero-order valence-electron chi connectivity index (χ0n) is 12.0. The number of aliphatic hydroxyl groups excluding tert-OH is 1. The Bertz CT molecular complexity index is 638. The molecule has 0 saturated heterocycles. The smallest absolute Gasteiger partial charge is 0.253 e. The highest BCUT2D eigenvalue weighted by Gasteiger charge is 2.25. The van der Waals surface area contributed by atoms with Gasteiger partial charge in [-0.05, 0) is 22.8 Å². The number of carbonyl (C=O) groups excluding carboxylic acids is 1. The van der Waals surface area contributed by atoms with Gasteiger partial charge in [0, 0.05) is 12.4 Å². The van der Waals surface area contributed by atoms with Crippen LogP contribution >= 0.6 is 23.2 Å². The molecule has 2 atom stereocenters. The van der Waals surface area contributed by atoms with Gasteiger partial charge in [0.25, 0.3) is 5.91 Å². The highest BCUT2D eigenvalue weighted by molar-refractivity contribution is 6.53. The minimum Gasteiger partial charge on any atom is -0.386 e. The standard InChI is InChI=1S/C16H15Cl2FN2O2/c17-15(18)16(23)21-13(8-19)14(22)11-5-3-10(4-6-11)12-2-1-7-20-9-12/h1-7,9,13-15,22H,8H2,(H,21,23)/t13-,14-/m1/s1. The van der Waals surface area contributed by atoms with E-state index in [9.17, 15) is 14.3 Å². The molecule has 0 bridgehead atoms. The number of aliphatic hydroxyl groups is 1. The number of nitrogens with zero attached hydrogens (tertiary/aromatic N) is 1. The van der Waals surface area contributed by atoms with E-state index in [0.29, 0.717) is 5.56 Å². The van der Waals surface area contributed by atoms with E-state index in [-0.39, 0.29) is 0 Å². The van der Waals surface area contributed by atoms with Gasteiger partial charge in [-0.15, -0.1) is 0 Å². The first kappa shape index (κ1) is 17.7. The van der Waals surface area contributed by atoms with Crippen LogP contribution in [0.2, 0.25) is 0 Å². The van der Waals surface area contributed by atoms with Crippen LogP contribution in [0.15, 0.2) is 48.8 Å². The van der Waals surface area contributed by atoms with E-state index in [4.69, 9.17) is 23.2 Å². The van der Waals surface area contributed by atoms with Crippen LogP contribution in [0.5, 0.6) is 0 Å². The molecule has 0 radical (unpaired) electrons. The summed E-state index contributed by atoms with van der Waals surface area (Å²) in [6.45, 7) is -0.947. The first-order valence-corrected chi connectivity index (χ1v) is 7.73. The molecule has 2 aromatic rings. The summed E-state index contributed by atoms with van der Waals surface area (Å²) in [4.78, 5) is 14.1. The monoisotopic (exact) mass is 356 g/mol. The van der Waals surface area contributed by atoms with Crippen molar-refractivity contribution < 1.29 is 14.3 Å². The fourth-order valence-electron chi connectivity index (χ4n) is 2.09. The summed E-state index contributed by atoms with van der Waals surface area (Å²) in [5, 5.41) is 12.5. The average molecular weight is 357 g/mol. The van der Waals surface area contributed by atoms with Crippen molar-refractivity contribution in [3.8, 4) is 11.1 Å². The molecule has 122 valence electrons. The van der Waals surface area contributed by atoms with Crippen LogP contribution in [0, 0.1) is 0 Å². The molecule has 2 rings (SSSR count). The second-order valence-electron chi connectivity index (χ2n) is 4.88. The molecule has 7 heteroatoms. The Morgan fingerprint density at radius 2 is 1.91 bits per heavy atom. The Labute approximate surface area is 143 Å². The lowest BCUT2D eigenvalue weighted by atomic mass is 9.99. The van der Waals surface area contributed by atoms with Gasteiger partial charge >= 0.3 is 0 Å². The summed E-state index contributed by atoms with van der Waals surface area (Å²) in [5.74, 6) is -0.748. The molecule has 0 aliphatic heterocycles. The maximum Gasteiger partial charge on any atom is 0.253 e. The molecule has 2 N–H and O–H groups in total. The summed E-state index contributed by atoms with van der Waals surface area (Å²) >= 11 is 10.8. The summed E-state index contributed by atoms with van der Waals surface area (Å²) in [6.07, 6.45) is 2.19. The number of nitrogens with one attached hydrogen (secondary N) is 1. The molecule has 4 nitrogen and oxygen atoms in total. The maximum absolute atomic E-state index is 13.1. The normalized spacial score (nSPS) is 13.6. The van der Waals surface area contributed by atoms with Gasteiger partial charge < -0.3 is 10.4 Å². The number of hydrogen-bond donors (Lipinski definition) is 2. The summed E-state index contributed by atoms with van der Waals surface area (Å²) in [6, 6.07) is 9.52. The number of amides is 1. The minimum atomic E-state index is -1.32. The predicted molar refractivity (Wildman–Crippen MR) is 88.0 cm³/mol. The molecule has 0 aliphatic rings. The fourth-order valence-corrected chi connectivity index (χ4v) is 2.21. The molecule has 0 fully saturated rings. The third kappa shape index (κ3) is 4.64. The van der Waals surface area contributed by atoms with E-state index in [1.54, 1.807) is 36.7 Å². The summed E-state index contributed by atoms with van der Waals surface area (Å²) in [5.41, 5.74) is 2.31. The van der Waals surface area contributed by atoms with Gasteiger partial charge in [0.15, 0.2) is 4.84 Å². The molecule has 0 spiro atoms. The van der Waals surface area contributed by atoms with Gasteiger partial charge in [0.1, 0.15) is 12.8 Å². The molecule has 0 aliphatic carbocycles. The SMILES string of the molecule is O=C(N[C@H](CF)[C@H](O)c1ccc(-c2cccnc2)cc1)C(Cl)Cl. The van der Waals surface area contributed by atoms with Crippen molar-refractivity contribution in [1.29, 1.82) is 0 Å². The van der Waals surface area contributed by atoms with E-state index in [2.05, 4.69) is 10.3 Å². The lowest BCUT2D eigenvalue weighted by Crippen LogP contribution is -2.43. The Morgan fingerprint density at radius 1 is 1.22 bits per heavy atom. The second-order valence-corrected chi connectivity index (χ2v) is 5.97. The fraction of sp³-hybridized carbons (Fsp3) is 0.250. The number of hydrogen-bond acceptors (Lipinski definition) is 3. The Hall–Kier alpha value is -1.69. The number of pyridine rings is 1. The third-order valence-corrected chi connectivity index (χ3v) is 3.72. The van der Waals surface area contributed by atoms with Gasteiger partial charge in [-0.1, -0.05) is 53.5 Å². The first-order chi connectivity index (χ1) is 11.0. The van der Waals surface area contributed by atoms with E-state index >= 15 is 0 Å². The lowest BCUT2D eigenvalue weighted by molar-refractivity contribution is -0.121. The molecular weight excluding hydrogens is 342 g/mol. The number of rotatable bonds is 6. The lowest BCUT2D eigenvalue weighted by Gasteiger charge is -2.22. The highest BCUT2D eigenvalue weighted by atomic mass is 35.5. The number of benzene rings is 1. The third-order valence-electron chi connectivity index (χ3n) is 3.32. The molecule has 0 unspecified atom stereocenters. The quantitative estimate of drug-likeness (QED) is 0.782. The summed E-state index contributed by atoms with van der Waals surface area (Å²) < 4.78 is 13.1. The van der Waals surface area contributed by atoms with Crippen LogP contribution in [0.25, 0.3) is 11.1 Å². The maximum atomic E-state index is 13.1. The van der Waals surface area contributed by atoms with Crippen molar-refractivity contribution in [2.75, 3.05) is 6.67 Å². The van der Waals surface area contributed by atoms with Crippen LogP contribution in [0.3, 0.4) is 0 Å². The Kier molecular flexibility index (Phi) is 6.33. The average Bonchev–Trinajstić information content (AvgIpc) is 2.59. The predicted octanol–water partition coefficient (Wildman–Crippen LogP) is 3.04. The van der Waals surface area contributed by atoms with Gasteiger partial charge in [0.05, 0.1) is 6.04 Å². The number of aromatic nitrogens is 1. The van der Waals surface area contributed by atoms with Crippen LogP contribution in [-0.4, -0.2) is 33.6 Å². The van der Waals surface area contributed by atoms with Crippen molar-refractivity contribution in [1.82, 2.24) is 10.3 Å². The number of halogens is 3. The first-order valence-electron chi connectivity index (χ1n) is 6.86. The molecule has 1 heterocycles. The van der Waals surface area contributed by atoms with Crippen molar-refractivity contribution in [2.24, 2.45) is 0 Å². The van der Waals surface area contributed by atoms with Gasteiger partial charge in [-0.3, -0.25) is 9.78 Å². The van der Waals surface area contributed by atoms with Gasteiger partial charge in [-0.2, -0.15) is 0 Å². The van der Waals surface area contributed by atoms with Crippen molar-refractivity contribution in [3.63, 3.8) is 0 Å². The van der Waals surface area contributed by atoms with Gasteiger partial charge in [-0.25, -0.2) is 4.39 Å². The summed E-state index contributed by atoms with van der Waals surface area (Å²) in [7, 11) is 0. The topological polar surface area (TPSA) is 62.2 Å². The van der Waals surface area contributed by atoms with E-state index in [0.717, 1.165) is 11.1 Å².